The van der Waals surface area contributed by atoms with Crippen molar-refractivity contribution in [3.05, 3.63) is 34.2 Å². The summed E-state index contributed by atoms with van der Waals surface area (Å²) in [6.07, 6.45) is -0.155. The Morgan fingerprint density at radius 1 is 1.47 bits per heavy atom. The number of pyridine rings is 1. The normalized spacial score (nSPS) is 10.4. The molecule has 1 heterocycles. The average molecular weight is 209 g/mol. The van der Waals surface area contributed by atoms with Crippen LogP contribution in [0.5, 0.6) is 0 Å². The molecule has 0 radical (unpaired) electrons. The van der Waals surface area contributed by atoms with Gasteiger partial charge in [-0.05, 0) is 26.8 Å². The molecule has 0 aliphatic rings. The highest BCUT2D eigenvalue weighted by atomic mass is 16.5. The van der Waals surface area contributed by atoms with E-state index in [9.17, 15) is 9.59 Å². The fraction of sp³-hybridized carbons (Fsp3) is 0.455. The molecule has 0 aromatic carbocycles. The Hall–Kier alpha value is -1.58. The largest absolute Gasteiger partial charge is 0.462 e. The van der Waals surface area contributed by atoms with Crippen LogP contribution in [0.3, 0.4) is 0 Å². The van der Waals surface area contributed by atoms with Gasteiger partial charge in [0, 0.05) is 11.8 Å². The third-order valence-electron chi connectivity index (χ3n) is 1.92. The Balaban J connectivity index is 2.81. The van der Waals surface area contributed by atoms with Gasteiger partial charge in [-0.3, -0.25) is 9.59 Å². The first kappa shape index (κ1) is 11.5. The predicted octanol–water partition coefficient (Wildman–Crippen LogP) is 1.11. The minimum Gasteiger partial charge on any atom is -0.462 e. The average Bonchev–Trinajstić information content (AvgIpc) is 2.10. The van der Waals surface area contributed by atoms with Gasteiger partial charge in [-0.1, -0.05) is 6.07 Å². The van der Waals surface area contributed by atoms with E-state index < -0.39 is 0 Å². The lowest BCUT2D eigenvalue weighted by atomic mass is 10.3. The van der Waals surface area contributed by atoms with Crippen molar-refractivity contribution in [1.82, 2.24) is 4.57 Å². The van der Waals surface area contributed by atoms with Gasteiger partial charge in [0.15, 0.2) is 0 Å². The van der Waals surface area contributed by atoms with Crippen molar-refractivity contribution in [3.63, 3.8) is 0 Å². The van der Waals surface area contributed by atoms with E-state index in [0.717, 1.165) is 5.69 Å². The lowest BCUT2D eigenvalue weighted by Crippen LogP contribution is -2.27. The molecule has 1 aromatic heterocycles. The molecule has 0 fully saturated rings. The van der Waals surface area contributed by atoms with E-state index in [4.69, 9.17) is 4.74 Å². The Kier molecular flexibility index (Phi) is 3.66. The summed E-state index contributed by atoms with van der Waals surface area (Å²) in [5.74, 6) is -0.388. The van der Waals surface area contributed by atoms with E-state index in [1.807, 2.05) is 0 Å². The van der Waals surface area contributed by atoms with Crippen LogP contribution in [0, 0.1) is 6.92 Å². The first-order valence-electron chi connectivity index (χ1n) is 4.86. The maximum absolute atomic E-state index is 11.4. The smallest absolute Gasteiger partial charge is 0.326 e. The highest BCUT2D eigenvalue weighted by molar-refractivity contribution is 5.69. The van der Waals surface area contributed by atoms with E-state index in [2.05, 4.69) is 0 Å². The molecule has 82 valence electrons. The number of carbonyl (C=O) groups is 1. The van der Waals surface area contributed by atoms with Crippen molar-refractivity contribution in [3.8, 4) is 0 Å². The van der Waals surface area contributed by atoms with Gasteiger partial charge in [0.2, 0.25) is 0 Å². The Bertz CT molecular complexity index is 407. The number of rotatable bonds is 3. The van der Waals surface area contributed by atoms with Gasteiger partial charge in [0.05, 0.1) is 6.10 Å². The van der Waals surface area contributed by atoms with Crippen LogP contribution in [0.1, 0.15) is 19.5 Å². The highest BCUT2D eigenvalue weighted by Gasteiger charge is 2.08. The number of hydrogen-bond donors (Lipinski definition) is 0. The topological polar surface area (TPSA) is 48.3 Å². The quantitative estimate of drug-likeness (QED) is 0.700. The van der Waals surface area contributed by atoms with Gasteiger partial charge in [-0.2, -0.15) is 0 Å². The van der Waals surface area contributed by atoms with Crippen molar-refractivity contribution in [1.29, 1.82) is 0 Å². The lowest BCUT2D eigenvalue weighted by molar-refractivity contribution is -0.148. The van der Waals surface area contributed by atoms with Gasteiger partial charge < -0.3 is 9.30 Å². The van der Waals surface area contributed by atoms with Crippen LogP contribution < -0.4 is 5.56 Å². The maximum atomic E-state index is 11.4. The van der Waals surface area contributed by atoms with Crippen LogP contribution in [0.15, 0.2) is 23.0 Å². The second-order valence-electron chi connectivity index (χ2n) is 3.63. The minimum atomic E-state index is -0.388. The second kappa shape index (κ2) is 4.77. The van der Waals surface area contributed by atoms with Crippen LogP contribution in [0.4, 0.5) is 0 Å². The van der Waals surface area contributed by atoms with E-state index in [-0.39, 0.29) is 24.2 Å². The molecular weight excluding hydrogens is 194 g/mol. The van der Waals surface area contributed by atoms with E-state index in [1.54, 1.807) is 32.9 Å². The van der Waals surface area contributed by atoms with Gasteiger partial charge in [0.25, 0.3) is 5.56 Å². The molecule has 0 atom stereocenters. The summed E-state index contributed by atoms with van der Waals surface area (Å²) < 4.78 is 6.36. The third kappa shape index (κ3) is 3.23. The second-order valence-corrected chi connectivity index (χ2v) is 3.63. The Morgan fingerprint density at radius 3 is 2.67 bits per heavy atom. The predicted molar refractivity (Wildman–Crippen MR) is 56.7 cm³/mol. The first-order chi connectivity index (χ1) is 7.00. The van der Waals surface area contributed by atoms with E-state index in [1.165, 1.54) is 10.6 Å². The molecule has 0 spiro atoms. The van der Waals surface area contributed by atoms with Crippen LogP contribution in [0.2, 0.25) is 0 Å². The first-order valence-corrected chi connectivity index (χ1v) is 4.86. The minimum absolute atomic E-state index is 0.0241. The zero-order valence-corrected chi connectivity index (χ0v) is 9.19. The summed E-state index contributed by atoms with van der Waals surface area (Å²) in [7, 11) is 0. The zero-order valence-electron chi connectivity index (χ0n) is 9.19. The molecule has 0 aliphatic heterocycles. The molecule has 4 nitrogen and oxygen atoms in total. The summed E-state index contributed by atoms with van der Waals surface area (Å²) in [6, 6.07) is 4.88. The van der Waals surface area contributed by atoms with E-state index in [0.29, 0.717) is 0 Å². The van der Waals surface area contributed by atoms with E-state index >= 15 is 0 Å². The zero-order chi connectivity index (χ0) is 11.4. The molecule has 0 amide bonds. The molecule has 0 saturated heterocycles. The number of carbonyl (C=O) groups excluding carboxylic acids is 1. The Labute approximate surface area is 88.5 Å². The molecule has 1 aromatic rings. The van der Waals surface area contributed by atoms with Crippen molar-refractivity contribution in [2.45, 2.75) is 33.4 Å². The van der Waals surface area contributed by atoms with Gasteiger partial charge in [-0.25, -0.2) is 0 Å². The van der Waals surface area contributed by atoms with Crippen molar-refractivity contribution in [2.75, 3.05) is 0 Å². The summed E-state index contributed by atoms with van der Waals surface area (Å²) >= 11 is 0. The lowest BCUT2D eigenvalue weighted by Gasteiger charge is -2.11. The summed E-state index contributed by atoms with van der Waals surface area (Å²) in [5.41, 5.74) is 0.568. The van der Waals surface area contributed by atoms with Crippen molar-refractivity contribution in [2.24, 2.45) is 0 Å². The summed E-state index contributed by atoms with van der Waals surface area (Å²) in [4.78, 5) is 22.8. The monoisotopic (exact) mass is 209 g/mol. The van der Waals surface area contributed by atoms with Crippen LogP contribution in [0.25, 0.3) is 0 Å². The fourth-order valence-electron chi connectivity index (χ4n) is 1.26. The molecule has 0 saturated carbocycles. The van der Waals surface area contributed by atoms with Crippen LogP contribution in [-0.4, -0.2) is 16.6 Å². The highest BCUT2D eigenvalue weighted by Crippen LogP contribution is 1.96. The summed E-state index contributed by atoms with van der Waals surface area (Å²) in [6.45, 7) is 5.31. The number of esters is 1. The third-order valence-corrected chi connectivity index (χ3v) is 1.92. The van der Waals surface area contributed by atoms with Crippen LogP contribution in [-0.2, 0) is 16.1 Å². The molecular formula is C11H15NO3. The molecule has 0 aliphatic carbocycles. The fourth-order valence-corrected chi connectivity index (χ4v) is 1.26. The van der Waals surface area contributed by atoms with Crippen molar-refractivity contribution >= 4 is 5.97 Å². The number of hydrogen-bond acceptors (Lipinski definition) is 3. The maximum Gasteiger partial charge on any atom is 0.326 e. The molecule has 15 heavy (non-hydrogen) atoms. The molecule has 4 heteroatoms. The molecule has 0 bridgehead atoms. The standard InChI is InChI=1S/C11H15NO3/c1-8(2)15-11(14)7-12-9(3)5-4-6-10(12)13/h4-6,8H,7H2,1-3H3. The molecule has 0 N–H and O–H groups in total. The molecule has 1 rings (SSSR count). The van der Waals surface area contributed by atoms with Crippen LogP contribution >= 0.6 is 0 Å². The molecule has 0 unspecified atom stereocenters. The number of aryl methyl sites for hydroxylation is 1. The van der Waals surface area contributed by atoms with Gasteiger partial charge in [-0.15, -0.1) is 0 Å². The SMILES string of the molecule is Cc1cccc(=O)n1CC(=O)OC(C)C. The van der Waals surface area contributed by atoms with Gasteiger partial charge >= 0.3 is 5.97 Å². The number of aromatic nitrogens is 1. The van der Waals surface area contributed by atoms with Crippen molar-refractivity contribution < 1.29 is 9.53 Å². The van der Waals surface area contributed by atoms with Gasteiger partial charge in [0.1, 0.15) is 6.54 Å². The number of ether oxygens (including phenoxy) is 1. The summed E-state index contributed by atoms with van der Waals surface area (Å²) in [5, 5.41) is 0. The number of nitrogens with zero attached hydrogens (tertiary/aromatic N) is 1. The Morgan fingerprint density at radius 2 is 2.13 bits per heavy atom.